The van der Waals surface area contributed by atoms with E-state index in [0.29, 0.717) is 31.6 Å². The molecule has 0 radical (unpaired) electrons. The van der Waals surface area contributed by atoms with Crippen molar-refractivity contribution in [3.63, 3.8) is 0 Å². The van der Waals surface area contributed by atoms with E-state index < -0.39 is 0 Å². The van der Waals surface area contributed by atoms with Gasteiger partial charge in [-0.25, -0.2) is 4.68 Å². The summed E-state index contributed by atoms with van der Waals surface area (Å²) in [6.45, 7) is 0.632. The molecular formula is C34H31N5O. The molecule has 0 aliphatic carbocycles. The standard InChI is InChI=1S/C34H31N5O/c40-33(19-16-26-14-17-28-10-4-6-12-30(28)22-26)35-32(24-27-15-18-29-11-5-7-13-31(29)23-27)34-36-37-38-39(34)21-20-25-8-2-1-3-9-25/h1-15,17-18,22-23,32H,16,19-21,24H2,(H,35,40)/t32-/m1/s1. The Morgan fingerprint density at radius 2 is 1.30 bits per heavy atom. The van der Waals surface area contributed by atoms with Crippen LogP contribution in [0.4, 0.5) is 0 Å². The van der Waals surface area contributed by atoms with Crippen molar-refractivity contribution in [2.24, 2.45) is 0 Å². The molecule has 1 aromatic heterocycles. The van der Waals surface area contributed by atoms with Crippen molar-refractivity contribution in [3.05, 3.63) is 138 Å². The molecule has 6 nitrogen and oxygen atoms in total. The van der Waals surface area contributed by atoms with E-state index in [9.17, 15) is 4.79 Å². The minimum absolute atomic E-state index is 0.0171. The van der Waals surface area contributed by atoms with Gasteiger partial charge in [0.25, 0.3) is 0 Å². The van der Waals surface area contributed by atoms with Gasteiger partial charge in [0.15, 0.2) is 5.82 Å². The summed E-state index contributed by atoms with van der Waals surface area (Å²) in [5.74, 6) is 0.653. The molecule has 0 aliphatic rings. The number of nitrogens with zero attached hydrogens (tertiary/aromatic N) is 4. The molecule has 0 saturated carbocycles. The molecule has 0 bridgehead atoms. The van der Waals surface area contributed by atoms with Crippen LogP contribution in [0.1, 0.15) is 35.0 Å². The Bertz CT molecular complexity index is 1740. The molecule has 198 valence electrons. The highest BCUT2D eigenvalue weighted by Gasteiger charge is 2.22. The number of tetrazole rings is 1. The van der Waals surface area contributed by atoms with E-state index in [2.05, 4.69) is 93.6 Å². The third-order valence-corrected chi connectivity index (χ3v) is 7.37. The molecule has 0 unspecified atom stereocenters. The lowest BCUT2D eigenvalue weighted by Gasteiger charge is -2.19. The Morgan fingerprint density at radius 1 is 0.675 bits per heavy atom. The average Bonchev–Trinajstić information content (AvgIpc) is 3.48. The van der Waals surface area contributed by atoms with Crippen LogP contribution < -0.4 is 5.32 Å². The fourth-order valence-electron chi connectivity index (χ4n) is 5.23. The first kappa shape index (κ1) is 25.4. The van der Waals surface area contributed by atoms with E-state index >= 15 is 0 Å². The highest BCUT2D eigenvalue weighted by molar-refractivity contribution is 5.84. The fourth-order valence-corrected chi connectivity index (χ4v) is 5.23. The number of nitrogens with one attached hydrogen (secondary N) is 1. The van der Waals surface area contributed by atoms with Crippen LogP contribution in [0.25, 0.3) is 21.5 Å². The fraction of sp³-hybridized carbons (Fsp3) is 0.176. The van der Waals surface area contributed by atoms with Gasteiger partial charge in [-0.1, -0.05) is 115 Å². The van der Waals surface area contributed by atoms with Gasteiger partial charge >= 0.3 is 0 Å². The number of aryl methyl sites for hydroxylation is 3. The van der Waals surface area contributed by atoms with Gasteiger partial charge in [0.2, 0.25) is 5.91 Å². The van der Waals surface area contributed by atoms with Crippen LogP contribution in [0.3, 0.4) is 0 Å². The van der Waals surface area contributed by atoms with Gasteiger partial charge in [0.1, 0.15) is 0 Å². The highest BCUT2D eigenvalue weighted by Crippen LogP contribution is 2.22. The normalized spacial score (nSPS) is 12.0. The van der Waals surface area contributed by atoms with Crippen LogP contribution in [-0.2, 0) is 30.6 Å². The number of hydrogen-bond acceptors (Lipinski definition) is 4. The Labute approximate surface area is 233 Å². The molecule has 1 atom stereocenters. The van der Waals surface area contributed by atoms with Crippen molar-refractivity contribution >= 4 is 27.5 Å². The number of amides is 1. The van der Waals surface area contributed by atoms with E-state index in [1.807, 2.05) is 47.1 Å². The molecular weight excluding hydrogens is 494 g/mol. The van der Waals surface area contributed by atoms with Crippen LogP contribution in [0.5, 0.6) is 0 Å². The second kappa shape index (κ2) is 11.9. The quantitative estimate of drug-likeness (QED) is 0.229. The van der Waals surface area contributed by atoms with Gasteiger partial charge in [-0.2, -0.15) is 0 Å². The first-order valence-corrected chi connectivity index (χ1v) is 13.8. The van der Waals surface area contributed by atoms with Crippen molar-refractivity contribution in [2.75, 3.05) is 0 Å². The summed E-state index contributed by atoms with van der Waals surface area (Å²) in [5, 5.41) is 20.7. The van der Waals surface area contributed by atoms with Crippen molar-refractivity contribution in [2.45, 2.75) is 38.3 Å². The molecule has 6 aromatic rings. The lowest BCUT2D eigenvalue weighted by atomic mass is 10.0. The summed E-state index contributed by atoms with van der Waals surface area (Å²) in [7, 11) is 0. The minimum Gasteiger partial charge on any atom is -0.346 e. The molecule has 0 saturated heterocycles. The van der Waals surface area contributed by atoms with Gasteiger partial charge in [-0.05, 0) is 61.5 Å². The van der Waals surface area contributed by atoms with Crippen molar-refractivity contribution in [3.8, 4) is 0 Å². The number of fused-ring (bicyclic) bond motifs is 2. The molecule has 0 fully saturated rings. The van der Waals surface area contributed by atoms with Crippen LogP contribution in [-0.4, -0.2) is 26.1 Å². The molecule has 1 amide bonds. The van der Waals surface area contributed by atoms with E-state index in [1.165, 1.54) is 27.1 Å². The van der Waals surface area contributed by atoms with Crippen molar-refractivity contribution < 1.29 is 4.79 Å². The van der Waals surface area contributed by atoms with E-state index in [4.69, 9.17) is 0 Å². The summed E-state index contributed by atoms with van der Waals surface area (Å²) >= 11 is 0. The summed E-state index contributed by atoms with van der Waals surface area (Å²) in [5.41, 5.74) is 3.48. The average molecular weight is 526 g/mol. The van der Waals surface area contributed by atoms with E-state index in [-0.39, 0.29) is 11.9 Å². The molecule has 0 spiro atoms. The second-order valence-corrected chi connectivity index (χ2v) is 10.2. The molecule has 5 aromatic carbocycles. The maximum atomic E-state index is 13.3. The van der Waals surface area contributed by atoms with E-state index in [1.54, 1.807) is 0 Å². The van der Waals surface area contributed by atoms with Gasteiger partial charge < -0.3 is 5.32 Å². The molecule has 40 heavy (non-hydrogen) atoms. The van der Waals surface area contributed by atoms with Crippen LogP contribution in [0, 0.1) is 0 Å². The lowest BCUT2D eigenvalue weighted by molar-refractivity contribution is -0.121. The number of benzene rings is 5. The third-order valence-electron chi connectivity index (χ3n) is 7.37. The summed E-state index contributed by atoms with van der Waals surface area (Å²) in [4.78, 5) is 13.3. The van der Waals surface area contributed by atoms with Gasteiger partial charge in [0, 0.05) is 19.4 Å². The summed E-state index contributed by atoms with van der Waals surface area (Å²) < 4.78 is 1.82. The first-order valence-electron chi connectivity index (χ1n) is 13.8. The molecule has 1 N–H and O–H groups in total. The number of aromatic nitrogens is 4. The monoisotopic (exact) mass is 525 g/mol. The third kappa shape index (κ3) is 6.07. The molecule has 0 aliphatic heterocycles. The van der Waals surface area contributed by atoms with E-state index in [0.717, 1.165) is 17.5 Å². The van der Waals surface area contributed by atoms with Crippen molar-refractivity contribution in [1.29, 1.82) is 0 Å². The predicted octanol–water partition coefficient (Wildman–Crippen LogP) is 6.26. The number of rotatable bonds is 10. The SMILES string of the molecule is O=C(CCc1ccc2ccccc2c1)N[C@H](Cc1ccc2ccccc2c1)c1nnnn1CCc1ccccc1. The summed E-state index contributed by atoms with van der Waals surface area (Å²) in [6.07, 6.45) is 2.45. The topological polar surface area (TPSA) is 72.7 Å². The molecule has 6 rings (SSSR count). The van der Waals surface area contributed by atoms with Gasteiger partial charge in [-0.3, -0.25) is 4.79 Å². The first-order chi connectivity index (χ1) is 19.7. The molecule has 6 heteroatoms. The number of carbonyl (C=O) groups excluding carboxylic acids is 1. The highest BCUT2D eigenvalue weighted by atomic mass is 16.1. The van der Waals surface area contributed by atoms with Crippen LogP contribution in [0.2, 0.25) is 0 Å². The zero-order valence-electron chi connectivity index (χ0n) is 22.3. The number of carbonyl (C=O) groups is 1. The zero-order valence-corrected chi connectivity index (χ0v) is 22.3. The summed E-state index contributed by atoms with van der Waals surface area (Å²) in [6, 6.07) is 39.3. The van der Waals surface area contributed by atoms with Gasteiger partial charge in [-0.15, -0.1) is 5.10 Å². The van der Waals surface area contributed by atoms with Crippen molar-refractivity contribution in [1.82, 2.24) is 25.5 Å². The number of hydrogen-bond donors (Lipinski definition) is 1. The predicted molar refractivity (Wildman–Crippen MR) is 159 cm³/mol. The minimum atomic E-state index is -0.351. The smallest absolute Gasteiger partial charge is 0.220 e. The maximum absolute atomic E-state index is 13.3. The lowest BCUT2D eigenvalue weighted by Crippen LogP contribution is -2.32. The Morgan fingerprint density at radius 3 is 2.02 bits per heavy atom. The largest absolute Gasteiger partial charge is 0.346 e. The van der Waals surface area contributed by atoms with Crippen LogP contribution >= 0.6 is 0 Å². The Hall–Kier alpha value is -4.84. The van der Waals surface area contributed by atoms with Gasteiger partial charge in [0.05, 0.1) is 6.04 Å². The van der Waals surface area contributed by atoms with Crippen LogP contribution in [0.15, 0.2) is 115 Å². The second-order valence-electron chi connectivity index (χ2n) is 10.2. The Balaban J connectivity index is 1.20. The zero-order chi connectivity index (χ0) is 27.1. The molecule has 1 heterocycles. The maximum Gasteiger partial charge on any atom is 0.220 e. The Kier molecular flexibility index (Phi) is 7.57.